The second-order valence-corrected chi connectivity index (χ2v) is 6.12. The first-order chi connectivity index (χ1) is 13.1. The zero-order valence-corrected chi connectivity index (χ0v) is 15.0. The quantitative estimate of drug-likeness (QED) is 0.742. The molecule has 0 radical (unpaired) electrons. The lowest BCUT2D eigenvalue weighted by molar-refractivity contribution is -0.137. The molecule has 1 N–H and O–H groups in total. The molecule has 0 saturated carbocycles. The van der Waals surface area contributed by atoms with Crippen LogP contribution in [-0.2, 0) is 17.5 Å². The number of aromatic nitrogens is 4. The fourth-order valence-corrected chi connectivity index (χ4v) is 2.69. The molecule has 7 nitrogen and oxygen atoms in total. The Labute approximate surface area is 157 Å². The van der Waals surface area contributed by atoms with Crippen molar-refractivity contribution in [2.45, 2.75) is 26.6 Å². The summed E-state index contributed by atoms with van der Waals surface area (Å²) < 4.78 is 41.5. The van der Waals surface area contributed by atoms with Gasteiger partial charge in [0.1, 0.15) is 6.54 Å². The minimum absolute atomic E-state index is 0.314. The topological polar surface area (TPSA) is 81.8 Å². The van der Waals surface area contributed by atoms with E-state index in [1.807, 2.05) is 6.07 Å². The largest absolute Gasteiger partial charge is 0.418 e. The van der Waals surface area contributed by atoms with Crippen molar-refractivity contribution >= 4 is 11.6 Å². The van der Waals surface area contributed by atoms with E-state index in [1.165, 1.54) is 28.9 Å². The molecule has 10 heteroatoms. The van der Waals surface area contributed by atoms with Gasteiger partial charge in [-0.3, -0.25) is 9.59 Å². The molecule has 2 heterocycles. The third-order valence-electron chi connectivity index (χ3n) is 3.88. The molecule has 3 rings (SSSR count). The average molecular weight is 391 g/mol. The number of rotatable bonds is 4. The number of amides is 1. The maximum Gasteiger partial charge on any atom is 0.418 e. The second kappa shape index (κ2) is 7.29. The van der Waals surface area contributed by atoms with Crippen LogP contribution in [0.4, 0.5) is 18.9 Å². The summed E-state index contributed by atoms with van der Waals surface area (Å²) in [5.74, 6) is -0.495. The van der Waals surface area contributed by atoms with E-state index >= 15 is 0 Å². The van der Waals surface area contributed by atoms with Crippen molar-refractivity contribution < 1.29 is 18.0 Å². The third kappa shape index (κ3) is 4.11. The van der Waals surface area contributed by atoms with Crippen LogP contribution < -0.4 is 10.9 Å². The first-order valence-corrected chi connectivity index (χ1v) is 8.23. The molecule has 0 fully saturated rings. The molecule has 146 valence electrons. The number of nitrogens with one attached hydrogen (secondary N) is 1. The van der Waals surface area contributed by atoms with Crippen LogP contribution in [0.1, 0.15) is 17.0 Å². The van der Waals surface area contributed by atoms with Gasteiger partial charge in [-0.25, -0.2) is 9.36 Å². The highest BCUT2D eigenvalue weighted by atomic mass is 19.4. The van der Waals surface area contributed by atoms with Crippen molar-refractivity contribution in [2.75, 3.05) is 5.32 Å². The maximum atomic E-state index is 13.0. The summed E-state index contributed by atoms with van der Waals surface area (Å²) in [6.45, 7) is 3.06. The van der Waals surface area contributed by atoms with E-state index < -0.39 is 29.8 Å². The number of nitrogens with zero attached hydrogens (tertiary/aromatic N) is 4. The van der Waals surface area contributed by atoms with Crippen LogP contribution in [0.3, 0.4) is 0 Å². The van der Waals surface area contributed by atoms with E-state index in [0.717, 1.165) is 28.2 Å². The van der Waals surface area contributed by atoms with Crippen LogP contribution in [-0.4, -0.2) is 25.5 Å². The molecule has 0 unspecified atom stereocenters. The van der Waals surface area contributed by atoms with E-state index in [-0.39, 0.29) is 5.69 Å². The molecule has 2 aromatic heterocycles. The number of benzene rings is 1. The molecule has 1 amide bonds. The van der Waals surface area contributed by atoms with Crippen LogP contribution in [0.15, 0.2) is 47.3 Å². The lowest BCUT2D eigenvalue weighted by Gasteiger charge is -2.14. The Morgan fingerprint density at radius 3 is 2.46 bits per heavy atom. The van der Waals surface area contributed by atoms with Crippen LogP contribution >= 0.6 is 0 Å². The Morgan fingerprint density at radius 2 is 1.82 bits per heavy atom. The number of carbonyl (C=O) groups excluding carboxylic acids is 1. The lowest BCUT2D eigenvalue weighted by atomic mass is 10.1. The van der Waals surface area contributed by atoms with Gasteiger partial charge in [-0.05, 0) is 38.1 Å². The van der Waals surface area contributed by atoms with Crippen molar-refractivity contribution in [3.8, 4) is 5.82 Å². The van der Waals surface area contributed by atoms with Gasteiger partial charge in [0.05, 0.1) is 16.9 Å². The average Bonchev–Trinajstić information content (AvgIpc) is 2.94. The highest BCUT2D eigenvalue weighted by molar-refractivity contribution is 5.91. The van der Waals surface area contributed by atoms with Gasteiger partial charge in [0, 0.05) is 11.8 Å². The number of anilines is 1. The predicted molar refractivity (Wildman–Crippen MR) is 95.2 cm³/mol. The number of halogens is 3. The molecule has 0 atom stereocenters. The second-order valence-electron chi connectivity index (χ2n) is 6.12. The Hall–Kier alpha value is -3.43. The third-order valence-corrected chi connectivity index (χ3v) is 3.88. The number of hydrogen-bond acceptors (Lipinski definition) is 4. The van der Waals surface area contributed by atoms with E-state index in [1.54, 1.807) is 13.8 Å². The highest BCUT2D eigenvalue weighted by Gasteiger charge is 2.33. The summed E-state index contributed by atoms with van der Waals surface area (Å²) in [4.78, 5) is 24.2. The van der Waals surface area contributed by atoms with Gasteiger partial charge >= 0.3 is 6.18 Å². The minimum Gasteiger partial charge on any atom is -0.324 e. The molecule has 3 aromatic rings. The van der Waals surface area contributed by atoms with Gasteiger partial charge in [0.25, 0.3) is 5.56 Å². The summed E-state index contributed by atoms with van der Waals surface area (Å²) in [6.07, 6.45) is -4.62. The highest BCUT2D eigenvalue weighted by Crippen LogP contribution is 2.34. The van der Waals surface area contributed by atoms with Gasteiger partial charge in [-0.1, -0.05) is 12.1 Å². The van der Waals surface area contributed by atoms with Gasteiger partial charge < -0.3 is 5.32 Å². The van der Waals surface area contributed by atoms with Gasteiger partial charge in [0.15, 0.2) is 5.82 Å². The molecule has 1 aromatic carbocycles. The van der Waals surface area contributed by atoms with E-state index in [9.17, 15) is 22.8 Å². The van der Waals surface area contributed by atoms with Crippen molar-refractivity contribution in [2.24, 2.45) is 0 Å². The Morgan fingerprint density at radius 1 is 1.11 bits per heavy atom. The van der Waals surface area contributed by atoms with E-state index in [0.29, 0.717) is 5.82 Å². The molecule has 0 aliphatic heterocycles. The Balaban J connectivity index is 1.85. The maximum absolute atomic E-state index is 13.0. The number of aryl methyl sites for hydroxylation is 2. The normalized spacial score (nSPS) is 11.5. The summed E-state index contributed by atoms with van der Waals surface area (Å²) in [6, 6.07) is 9.09. The summed E-state index contributed by atoms with van der Waals surface area (Å²) >= 11 is 0. The number of carbonyl (C=O) groups is 1. The molecule has 0 bridgehead atoms. The Bertz CT molecular complexity index is 1090. The Kier molecular flexibility index (Phi) is 5.04. The number of alkyl halides is 3. The van der Waals surface area contributed by atoms with Crippen LogP contribution in [0.5, 0.6) is 0 Å². The zero-order valence-electron chi connectivity index (χ0n) is 15.0. The standard InChI is InChI=1S/C18H16F3N5O2/c1-11-9-12(2)26(23-11)15-7-8-17(28)25(24-15)10-16(27)22-14-6-4-3-5-13(14)18(19,20)21/h3-9H,10H2,1-2H3,(H,22,27). The fourth-order valence-electron chi connectivity index (χ4n) is 2.69. The van der Waals surface area contributed by atoms with Crippen molar-refractivity contribution in [3.63, 3.8) is 0 Å². The predicted octanol–water partition coefficient (Wildman–Crippen LogP) is 2.70. The van der Waals surface area contributed by atoms with Crippen LogP contribution in [0.2, 0.25) is 0 Å². The molecular weight excluding hydrogens is 375 g/mol. The van der Waals surface area contributed by atoms with Gasteiger partial charge in [-0.15, -0.1) is 5.10 Å². The molecule has 0 spiro atoms. The van der Waals surface area contributed by atoms with E-state index in [4.69, 9.17) is 0 Å². The van der Waals surface area contributed by atoms with Gasteiger partial charge in [-0.2, -0.15) is 18.3 Å². The molecule has 0 aliphatic carbocycles. The van der Waals surface area contributed by atoms with Crippen LogP contribution in [0.25, 0.3) is 5.82 Å². The molecular formula is C18H16F3N5O2. The fraction of sp³-hybridized carbons (Fsp3) is 0.222. The van der Waals surface area contributed by atoms with Gasteiger partial charge in [0.2, 0.25) is 5.91 Å². The SMILES string of the molecule is Cc1cc(C)n(-c2ccc(=O)n(CC(=O)Nc3ccccc3C(F)(F)F)n2)n1. The monoisotopic (exact) mass is 391 g/mol. The zero-order chi connectivity index (χ0) is 20.5. The van der Waals surface area contributed by atoms with E-state index in [2.05, 4.69) is 15.5 Å². The number of para-hydroxylation sites is 1. The summed E-state index contributed by atoms with van der Waals surface area (Å²) in [5, 5.41) is 10.5. The number of hydrogen-bond donors (Lipinski definition) is 1. The van der Waals surface area contributed by atoms with Crippen molar-refractivity contribution in [3.05, 3.63) is 69.8 Å². The van der Waals surface area contributed by atoms with Crippen LogP contribution in [0, 0.1) is 13.8 Å². The first-order valence-electron chi connectivity index (χ1n) is 8.23. The smallest absolute Gasteiger partial charge is 0.324 e. The molecule has 0 saturated heterocycles. The van der Waals surface area contributed by atoms with Crippen molar-refractivity contribution in [1.82, 2.24) is 19.6 Å². The summed E-state index contributed by atoms with van der Waals surface area (Å²) in [7, 11) is 0. The summed E-state index contributed by atoms with van der Waals surface area (Å²) in [5.41, 5.74) is -0.398. The molecule has 28 heavy (non-hydrogen) atoms. The van der Waals surface area contributed by atoms with Crippen molar-refractivity contribution in [1.29, 1.82) is 0 Å². The molecule has 0 aliphatic rings. The first kappa shape index (κ1) is 19.3. The lowest BCUT2D eigenvalue weighted by Crippen LogP contribution is -2.30. The minimum atomic E-state index is -4.62.